The molecule has 0 bridgehead atoms. The van der Waals surface area contributed by atoms with E-state index in [0.717, 1.165) is 22.4 Å². The Morgan fingerprint density at radius 2 is 1.47 bits per heavy atom. The van der Waals surface area contributed by atoms with E-state index in [1.165, 1.54) is 0 Å². The molecule has 2 atom stereocenters. The fourth-order valence-corrected chi connectivity index (χ4v) is 5.51. The van der Waals surface area contributed by atoms with Crippen LogP contribution in [-0.2, 0) is 27.5 Å². The molecular formula is C33H33NO4. The van der Waals surface area contributed by atoms with Crippen LogP contribution in [0, 0.1) is 11.3 Å². The first kappa shape index (κ1) is 25.7. The second-order valence-electron chi connectivity index (χ2n) is 10.9. The fourth-order valence-electron chi connectivity index (χ4n) is 5.51. The number of hydrogen-bond acceptors (Lipinski definition) is 5. The lowest BCUT2D eigenvalue weighted by molar-refractivity contribution is -0.148. The summed E-state index contributed by atoms with van der Waals surface area (Å²) >= 11 is 0. The highest BCUT2D eigenvalue weighted by Crippen LogP contribution is 2.49. The van der Waals surface area contributed by atoms with E-state index >= 15 is 0 Å². The Hall–Kier alpha value is -3.99. The summed E-state index contributed by atoms with van der Waals surface area (Å²) < 4.78 is 12.1. The molecule has 0 aromatic heterocycles. The number of Topliss-reactive ketones (excluding diaryl/α,β-unsaturated/α-hetero) is 1. The zero-order valence-electron chi connectivity index (χ0n) is 22.1. The van der Waals surface area contributed by atoms with E-state index in [9.17, 15) is 9.59 Å². The monoisotopic (exact) mass is 507 g/mol. The molecular weight excluding hydrogens is 474 g/mol. The lowest BCUT2D eigenvalue weighted by Gasteiger charge is -2.39. The van der Waals surface area contributed by atoms with Gasteiger partial charge in [0, 0.05) is 34.9 Å². The third-order valence-corrected chi connectivity index (χ3v) is 7.27. The number of nitrogens with zero attached hydrogens (tertiary/aromatic N) is 1. The number of hydrogen-bond donors (Lipinski definition) is 0. The van der Waals surface area contributed by atoms with E-state index in [1.54, 1.807) is 0 Å². The van der Waals surface area contributed by atoms with Gasteiger partial charge in [-0.15, -0.1) is 0 Å². The Labute approximate surface area is 224 Å². The predicted octanol–water partition coefficient (Wildman–Crippen LogP) is 6.83. The van der Waals surface area contributed by atoms with Gasteiger partial charge in [0.05, 0.1) is 0 Å². The van der Waals surface area contributed by atoms with Crippen molar-refractivity contribution in [3.63, 3.8) is 0 Å². The maximum Gasteiger partial charge on any atom is 0.315 e. The molecule has 2 aliphatic rings. The maximum atomic E-state index is 13.7. The smallest absolute Gasteiger partial charge is 0.315 e. The molecule has 0 amide bonds. The largest absolute Gasteiger partial charge is 0.489 e. The van der Waals surface area contributed by atoms with Crippen LogP contribution in [0.5, 0.6) is 5.75 Å². The number of carbonyl (C=O) groups excluding carboxylic acids is 2. The van der Waals surface area contributed by atoms with Crippen LogP contribution >= 0.6 is 0 Å². The third kappa shape index (κ3) is 5.47. The van der Waals surface area contributed by atoms with Crippen molar-refractivity contribution in [3.05, 3.63) is 113 Å². The summed E-state index contributed by atoms with van der Waals surface area (Å²) in [6.07, 6.45) is 1.09. The maximum absolute atomic E-state index is 13.7. The summed E-state index contributed by atoms with van der Waals surface area (Å²) in [6.45, 7) is 6.59. The highest BCUT2D eigenvalue weighted by Gasteiger charge is 2.46. The summed E-state index contributed by atoms with van der Waals surface area (Å²) in [5.41, 5.74) is 4.62. The van der Waals surface area contributed by atoms with Crippen LogP contribution in [0.1, 0.15) is 56.2 Å². The van der Waals surface area contributed by atoms with Crippen molar-refractivity contribution in [2.75, 3.05) is 0 Å². The normalized spacial score (nSPS) is 20.4. The molecule has 0 saturated carbocycles. The Balaban J connectivity index is 1.53. The third-order valence-electron chi connectivity index (χ3n) is 7.27. The first-order valence-electron chi connectivity index (χ1n) is 13.1. The SMILES string of the molecule is CC1=NC2=C(C(=O)CC(C)(C)C2)[C@@H](c2ccccc2OCc2ccccc2)C1C(=O)OCc1ccccc1. The molecule has 38 heavy (non-hydrogen) atoms. The number of carbonyl (C=O) groups is 2. The van der Waals surface area contributed by atoms with E-state index in [1.807, 2.05) is 91.9 Å². The minimum Gasteiger partial charge on any atom is -0.489 e. The molecule has 0 fully saturated rings. The quantitative estimate of drug-likeness (QED) is 0.329. The topological polar surface area (TPSA) is 65.0 Å². The standard InChI is InChI=1S/C33H33NO4/c1-22-29(32(36)38-21-24-14-8-5-9-15-24)30(31-26(34-22)18-33(2,3)19-27(31)35)25-16-10-11-17-28(25)37-20-23-12-6-4-7-13-23/h4-17,29-30H,18-21H2,1-3H3/t29?,30-/m0/s1. The van der Waals surface area contributed by atoms with Gasteiger partial charge >= 0.3 is 5.97 Å². The lowest BCUT2D eigenvalue weighted by Crippen LogP contribution is -2.39. The van der Waals surface area contributed by atoms with Crippen LogP contribution in [0.15, 0.2) is 101 Å². The Kier molecular flexibility index (Phi) is 7.28. The molecule has 3 aromatic rings. The molecule has 3 aromatic carbocycles. The molecule has 5 nitrogen and oxygen atoms in total. The number of rotatable bonds is 7. The predicted molar refractivity (Wildman–Crippen MR) is 148 cm³/mol. The van der Waals surface area contributed by atoms with Crippen LogP contribution < -0.4 is 4.74 Å². The van der Waals surface area contributed by atoms with E-state index in [0.29, 0.717) is 36.5 Å². The van der Waals surface area contributed by atoms with Crippen molar-refractivity contribution < 1.29 is 19.1 Å². The average molecular weight is 508 g/mol. The Morgan fingerprint density at radius 1 is 0.868 bits per heavy atom. The molecule has 0 spiro atoms. The van der Waals surface area contributed by atoms with Crippen LogP contribution in [0.2, 0.25) is 0 Å². The summed E-state index contributed by atoms with van der Waals surface area (Å²) in [6, 6.07) is 27.3. The van der Waals surface area contributed by atoms with Gasteiger partial charge < -0.3 is 9.47 Å². The van der Waals surface area contributed by atoms with Gasteiger partial charge in [-0.3, -0.25) is 14.6 Å². The zero-order valence-corrected chi connectivity index (χ0v) is 22.1. The number of esters is 1. The fraction of sp³-hybridized carbons (Fsp3) is 0.303. The molecule has 5 heteroatoms. The summed E-state index contributed by atoms with van der Waals surface area (Å²) in [4.78, 5) is 32.2. The number of ether oxygens (including phenoxy) is 2. The molecule has 0 radical (unpaired) electrons. The summed E-state index contributed by atoms with van der Waals surface area (Å²) in [5, 5.41) is 0. The highest BCUT2D eigenvalue weighted by atomic mass is 16.5. The van der Waals surface area contributed by atoms with Gasteiger partial charge in [0.2, 0.25) is 0 Å². The molecule has 194 valence electrons. The second-order valence-corrected chi connectivity index (χ2v) is 10.9. The minimum absolute atomic E-state index is 0.0382. The number of benzene rings is 3. The van der Waals surface area contributed by atoms with Crippen LogP contribution in [0.25, 0.3) is 0 Å². The van der Waals surface area contributed by atoms with E-state index < -0.39 is 11.8 Å². The van der Waals surface area contributed by atoms with Gasteiger partial charge in [-0.1, -0.05) is 92.7 Å². The van der Waals surface area contributed by atoms with Gasteiger partial charge in [-0.05, 0) is 36.0 Å². The van der Waals surface area contributed by atoms with E-state index in [2.05, 4.69) is 13.8 Å². The molecule has 1 unspecified atom stereocenters. The second kappa shape index (κ2) is 10.8. The van der Waals surface area contributed by atoms with Crippen molar-refractivity contribution in [2.24, 2.45) is 16.3 Å². The molecule has 1 aliphatic heterocycles. The van der Waals surface area contributed by atoms with Crippen LogP contribution in [0.3, 0.4) is 0 Å². The van der Waals surface area contributed by atoms with Gasteiger partial charge in [0.1, 0.15) is 24.9 Å². The number of allylic oxidation sites excluding steroid dienone is 2. The van der Waals surface area contributed by atoms with Gasteiger partial charge in [0.25, 0.3) is 0 Å². The molecule has 5 rings (SSSR count). The van der Waals surface area contributed by atoms with Crippen LogP contribution in [-0.4, -0.2) is 17.5 Å². The van der Waals surface area contributed by atoms with Gasteiger partial charge in [-0.25, -0.2) is 0 Å². The first-order valence-corrected chi connectivity index (χ1v) is 13.1. The van der Waals surface area contributed by atoms with E-state index in [4.69, 9.17) is 14.5 Å². The number of aliphatic imine (C=N–C) groups is 1. The molecule has 1 aliphatic carbocycles. The van der Waals surface area contributed by atoms with Crippen molar-refractivity contribution >= 4 is 17.5 Å². The lowest BCUT2D eigenvalue weighted by atomic mass is 9.66. The summed E-state index contributed by atoms with van der Waals surface area (Å²) in [7, 11) is 0. The first-order chi connectivity index (χ1) is 18.3. The Bertz CT molecular complexity index is 1390. The zero-order chi connectivity index (χ0) is 26.7. The summed E-state index contributed by atoms with van der Waals surface area (Å²) in [5.74, 6) is -0.940. The molecule has 0 N–H and O–H groups in total. The molecule has 1 heterocycles. The van der Waals surface area contributed by atoms with Gasteiger partial charge in [0.15, 0.2) is 5.78 Å². The van der Waals surface area contributed by atoms with Crippen molar-refractivity contribution in [3.8, 4) is 5.75 Å². The van der Waals surface area contributed by atoms with E-state index in [-0.39, 0.29) is 23.8 Å². The van der Waals surface area contributed by atoms with Crippen LogP contribution in [0.4, 0.5) is 0 Å². The number of para-hydroxylation sites is 1. The average Bonchev–Trinajstić information content (AvgIpc) is 2.90. The van der Waals surface area contributed by atoms with Crippen molar-refractivity contribution in [1.82, 2.24) is 0 Å². The van der Waals surface area contributed by atoms with Gasteiger partial charge in [-0.2, -0.15) is 0 Å². The minimum atomic E-state index is -0.718. The van der Waals surface area contributed by atoms with Crippen molar-refractivity contribution in [1.29, 1.82) is 0 Å². The highest BCUT2D eigenvalue weighted by molar-refractivity contribution is 6.09. The molecule has 0 saturated heterocycles. The van der Waals surface area contributed by atoms with Crippen molar-refractivity contribution in [2.45, 2.75) is 52.7 Å². The Morgan fingerprint density at radius 3 is 2.16 bits per heavy atom. The number of ketones is 1.